The lowest BCUT2D eigenvalue weighted by molar-refractivity contribution is 0.463. The van der Waals surface area contributed by atoms with E-state index in [4.69, 9.17) is 0 Å². The van der Waals surface area contributed by atoms with Crippen LogP contribution in [0.3, 0.4) is 0 Å². The van der Waals surface area contributed by atoms with Gasteiger partial charge in [-0.15, -0.1) is 0 Å². The number of fused-ring (bicyclic) bond motifs is 1. The number of hydrogen-bond acceptors (Lipinski definition) is 1. The van der Waals surface area contributed by atoms with Crippen molar-refractivity contribution < 1.29 is 4.39 Å². The standard InChI is InChI=1S/C18H20FN/c1-12-6-7-14-8-9-18(17(14)10-12)20-13(2)15-4-3-5-16(19)11-15/h3-7,10-11,13,18,20H,8-9H2,1-2H3/t13-,18?/m1/s1. The molecule has 3 rings (SSSR count). The minimum Gasteiger partial charge on any atom is -0.303 e. The second-order valence-electron chi connectivity index (χ2n) is 5.74. The van der Waals surface area contributed by atoms with E-state index >= 15 is 0 Å². The maximum atomic E-state index is 13.3. The van der Waals surface area contributed by atoms with Gasteiger partial charge in [-0.05, 0) is 55.5 Å². The highest BCUT2D eigenvalue weighted by molar-refractivity contribution is 5.38. The summed E-state index contributed by atoms with van der Waals surface area (Å²) in [6.45, 7) is 4.23. The molecule has 1 aliphatic rings. The minimum absolute atomic E-state index is 0.155. The van der Waals surface area contributed by atoms with Crippen LogP contribution in [0.2, 0.25) is 0 Å². The van der Waals surface area contributed by atoms with E-state index in [1.165, 1.54) is 22.8 Å². The van der Waals surface area contributed by atoms with Crippen LogP contribution < -0.4 is 5.32 Å². The molecule has 0 aromatic heterocycles. The fraction of sp³-hybridized carbons (Fsp3) is 0.333. The van der Waals surface area contributed by atoms with Crippen LogP contribution in [-0.4, -0.2) is 0 Å². The molecule has 0 fully saturated rings. The lowest BCUT2D eigenvalue weighted by Crippen LogP contribution is -2.23. The molecule has 0 saturated carbocycles. The van der Waals surface area contributed by atoms with Gasteiger partial charge in [-0.2, -0.15) is 0 Å². The third-order valence-electron chi connectivity index (χ3n) is 4.18. The van der Waals surface area contributed by atoms with Crippen LogP contribution in [0.4, 0.5) is 4.39 Å². The molecule has 1 aliphatic carbocycles. The summed E-state index contributed by atoms with van der Waals surface area (Å²) in [5.74, 6) is -0.168. The maximum absolute atomic E-state index is 13.3. The molecule has 1 unspecified atom stereocenters. The van der Waals surface area contributed by atoms with Crippen molar-refractivity contribution in [2.75, 3.05) is 0 Å². The van der Waals surface area contributed by atoms with Gasteiger partial charge in [0, 0.05) is 12.1 Å². The van der Waals surface area contributed by atoms with E-state index in [-0.39, 0.29) is 11.9 Å². The Morgan fingerprint density at radius 2 is 2.05 bits per heavy atom. The molecule has 0 spiro atoms. The predicted octanol–water partition coefficient (Wildman–Crippen LogP) is 4.47. The Bertz CT molecular complexity index is 621. The van der Waals surface area contributed by atoms with Crippen molar-refractivity contribution in [3.63, 3.8) is 0 Å². The molecule has 0 radical (unpaired) electrons. The molecular weight excluding hydrogens is 249 g/mol. The van der Waals surface area contributed by atoms with Crippen LogP contribution in [0, 0.1) is 12.7 Å². The lowest BCUT2D eigenvalue weighted by Gasteiger charge is -2.21. The number of benzene rings is 2. The van der Waals surface area contributed by atoms with Crippen LogP contribution in [0.15, 0.2) is 42.5 Å². The zero-order chi connectivity index (χ0) is 14.1. The van der Waals surface area contributed by atoms with Gasteiger partial charge in [0.05, 0.1) is 0 Å². The largest absolute Gasteiger partial charge is 0.303 e. The molecule has 20 heavy (non-hydrogen) atoms. The third kappa shape index (κ3) is 2.61. The van der Waals surface area contributed by atoms with Crippen LogP contribution in [0.1, 0.15) is 47.7 Å². The molecule has 2 heteroatoms. The molecule has 2 aromatic carbocycles. The average molecular weight is 269 g/mol. The predicted molar refractivity (Wildman–Crippen MR) is 80.2 cm³/mol. The van der Waals surface area contributed by atoms with Crippen molar-refractivity contribution in [1.29, 1.82) is 0 Å². The number of nitrogens with one attached hydrogen (secondary N) is 1. The second-order valence-corrected chi connectivity index (χ2v) is 5.74. The molecule has 104 valence electrons. The van der Waals surface area contributed by atoms with E-state index in [1.807, 2.05) is 6.07 Å². The van der Waals surface area contributed by atoms with E-state index in [9.17, 15) is 4.39 Å². The minimum atomic E-state index is -0.168. The van der Waals surface area contributed by atoms with Gasteiger partial charge < -0.3 is 5.32 Å². The fourth-order valence-electron chi connectivity index (χ4n) is 3.07. The summed E-state index contributed by atoms with van der Waals surface area (Å²) in [5, 5.41) is 3.64. The van der Waals surface area contributed by atoms with Gasteiger partial charge in [0.1, 0.15) is 5.82 Å². The summed E-state index contributed by atoms with van der Waals surface area (Å²) in [4.78, 5) is 0. The van der Waals surface area contributed by atoms with Crippen molar-refractivity contribution in [3.8, 4) is 0 Å². The first-order valence-corrected chi connectivity index (χ1v) is 7.24. The molecule has 0 saturated heterocycles. The van der Waals surface area contributed by atoms with Crippen LogP contribution >= 0.6 is 0 Å². The molecule has 0 amide bonds. The van der Waals surface area contributed by atoms with Gasteiger partial charge in [0.25, 0.3) is 0 Å². The van der Waals surface area contributed by atoms with Gasteiger partial charge in [0.2, 0.25) is 0 Å². The highest BCUT2D eigenvalue weighted by atomic mass is 19.1. The summed E-state index contributed by atoms with van der Waals surface area (Å²) < 4.78 is 13.3. The SMILES string of the molecule is Cc1ccc2c(c1)C(N[C@H](C)c1cccc(F)c1)CC2. The molecular formula is C18H20FN. The topological polar surface area (TPSA) is 12.0 Å². The van der Waals surface area contributed by atoms with Crippen molar-refractivity contribution in [2.45, 2.75) is 38.8 Å². The summed E-state index contributed by atoms with van der Waals surface area (Å²) >= 11 is 0. The van der Waals surface area contributed by atoms with E-state index in [0.717, 1.165) is 18.4 Å². The summed E-state index contributed by atoms with van der Waals surface area (Å²) in [6, 6.07) is 14.1. The summed E-state index contributed by atoms with van der Waals surface area (Å²) in [5.41, 5.74) is 5.16. The molecule has 2 atom stereocenters. The Balaban J connectivity index is 1.78. The van der Waals surface area contributed by atoms with Crippen LogP contribution in [0.5, 0.6) is 0 Å². The highest BCUT2D eigenvalue weighted by Gasteiger charge is 2.23. The summed E-state index contributed by atoms with van der Waals surface area (Å²) in [7, 11) is 0. The van der Waals surface area contributed by atoms with Crippen molar-refractivity contribution in [3.05, 3.63) is 70.5 Å². The Labute approximate surface area is 119 Å². The fourth-order valence-corrected chi connectivity index (χ4v) is 3.07. The van der Waals surface area contributed by atoms with Gasteiger partial charge in [-0.3, -0.25) is 0 Å². The van der Waals surface area contributed by atoms with E-state index in [1.54, 1.807) is 12.1 Å². The lowest BCUT2D eigenvalue weighted by atomic mass is 10.0. The van der Waals surface area contributed by atoms with E-state index in [2.05, 4.69) is 37.4 Å². The van der Waals surface area contributed by atoms with Crippen molar-refractivity contribution in [2.24, 2.45) is 0 Å². The molecule has 0 bridgehead atoms. The van der Waals surface area contributed by atoms with Gasteiger partial charge >= 0.3 is 0 Å². The van der Waals surface area contributed by atoms with E-state index < -0.39 is 0 Å². The number of halogens is 1. The van der Waals surface area contributed by atoms with Crippen LogP contribution in [0.25, 0.3) is 0 Å². The monoisotopic (exact) mass is 269 g/mol. The Morgan fingerprint density at radius 1 is 1.20 bits per heavy atom. The van der Waals surface area contributed by atoms with Crippen molar-refractivity contribution >= 4 is 0 Å². The smallest absolute Gasteiger partial charge is 0.123 e. The van der Waals surface area contributed by atoms with Crippen molar-refractivity contribution in [1.82, 2.24) is 5.32 Å². The van der Waals surface area contributed by atoms with E-state index in [0.29, 0.717) is 6.04 Å². The molecule has 1 N–H and O–H groups in total. The Kier molecular flexibility index (Phi) is 3.58. The zero-order valence-corrected chi connectivity index (χ0v) is 12.0. The van der Waals surface area contributed by atoms with Crippen LogP contribution in [-0.2, 0) is 6.42 Å². The van der Waals surface area contributed by atoms with Gasteiger partial charge in [-0.25, -0.2) is 4.39 Å². The average Bonchev–Trinajstić information content (AvgIpc) is 2.81. The quantitative estimate of drug-likeness (QED) is 0.866. The molecule has 1 nitrogen and oxygen atoms in total. The highest BCUT2D eigenvalue weighted by Crippen LogP contribution is 2.33. The number of aryl methyl sites for hydroxylation is 2. The number of rotatable bonds is 3. The first-order chi connectivity index (χ1) is 9.63. The van der Waals surface area contributed by atoms with Gasteiger partial charge in [-0.1, -0.05) is 35.9 Å². The molecule has 0 heterocycles. The first kappa shape index (κ1) is 13.3. The Morgan fingerprint density at radius 3 is 2.85 bits per heavy atom. The normalized spacial score (nSPS) is 18.9. The maximum Gasteiger partial charge on any atom is 0.123 e. The molecule has 2 aromatic rings. The third-order valence-corrected chi connectivity index (χ3v) is 4.18. The first-order valence-electron chi connectivity index (χ1n) is 7.24. The Hall–Kier alpha value is -1.67. The summed E-state index contributed by atoms with van der Waals surface area (Å²) in [6.07, 6.45) is 2.25. The zero-order valence-electron chi connectivity index (χ0n) is 12.0. The van der Waals surface area contributed by atoms with Gasteiger partial charge in [0.15, 0.2) is 0 Å². The molecule has 0 aliphatic heterocycles. The number of hydrogen-bond donors (Lipinski definition) is 1. The second kappa shape index (κ2) is 5.37.